The van der Waals surface area contributed by atoms with Crippen LogP contribution >= 0.6 is 0 Å². The maximum absolute atomic E-state index is 13.6. The van der Waals surface area contributed by atoms with Gasteiger partial charge >= 0.3 is 6.61 Å². The second-order valence-electron chi connectivity index (χ2n) is 4.31. The molecule has 1 aromatic carbocycles. The third-order valence-corrected chi connectivity index (χ3v) is 2.95. The first-order valence-electron chi connectivity index (χ1n) is 6.32. The van der Waals surface area contributed by atoms with Crippen molar-refractivity contribution >= 4 is 11.4 Å². The number of halogens is 3. The van der Waals surface area contributed by atoms with E-state index >= 15 is 0 Å². The van der Waals surface area contributed by atoms with E-state index in [1.54, 1.807) is 17.0 Å². The Balaban J connectivity index is 2.31. The van der Waals surface area contributed by atoms with Crippen LogP contribution in [0.3, 0.4) is 0 Å². The van der Waals surface area contributed by atoms with E-state index < -0.39 is 18.2 Å². The summed E-state index contributed by atoms with van der Waals surface area (Å²) < 4.78 is 47.5. The molecule has 0 aliphatic heterocycles. The summed E-state index contributed by atoms with van der Waals surface area (Å²) in [6.45, 7) is -0.326. The molecule has 0 unspecified atom stereocenters. The average Bonchev–Trinajstić information content (AvgIpc) is 2.92. The number of anilines is 2. The number of hydrogen-bond donors (Lipinski definition) is 1. The summed E-state index contributed by atoms with van der Waals surface area (Å²) in [6, 6.07) is 5.66. The first-order valence-corrected chi connectivity index (χ1v) is 6.32. The van der Waals surface area contributed by atoms with Gasteiger partial charge in [-0.05, 0) is 19.1 Å². The number of hydrogen-bond acceptors (Lipinski definition) is 4. The van der Waals surface area contributed by atoms with Gasteiger partial charge in [0.15, 0.2) is 11.6 Å². The van der Waals surface area contributed by atoms with Crippen LogP contribution in [0.15, 0.2) is 34.9 Å². The molecule has 7 heteroatoms. The molecule has 21 heavy (non-hydrogen) atoms. The molecule has 0 amide bonds. The van der Waals surface area contributed by atoms with Gasteiger partial charge in [-0.2, -0.15) is 8.78 Å². The SMILES string of the molecule is CCN(Cc1ccco1)c1cc(OC(F)F)c(F)cc1N. The molecule has 1 heterocycles. The van der Waals surface area contributed by atoms with Gasteiger partial charge in [0, 0.05) is 18.7 Å². The number of benzene rings is 1. The molecule has 0 aliphatic carbocycles. The van der Waals surface area contributed by atoms with Crippen molar-refractivity contribution in [3.05, 3.63) is 42.1 Å². The van der Waals surface area contributed by atoms with Crippen LogP contribution < -0.4 is 15.4 Å². The van der Waals surface area contributed by atoms with Gasteiger partial charge in [-0.25, -0.2) is 4.39 Å². The Morgan fingerprint density at radius 1 is 1.38 bits per heavy atom. The van der Waals surface area contributed by atoms with Crippen LogP contribution in [-0.2, 0) is 6.54 Å². The van der Waals surface area contributed by atoms with Crippen LogP contribution in [0.2, 0.25) is 0 Å². The zero-order chi connectivity index (χ0) is 15.4. The first-order chi connectivity index (χ1) is 10.0. The summed E-state index contributed by atoms with van der Waals surface area (Å²) in [5.74, 6) is -0.783. The molecule has 2 N–H and O–H groups in total. The molecule has 1 aromatic heterocycles. The highest BCUT2D eigenvalue weighted by molar-refractivity contribution is 5.70. The lowest BCUT2D eigenvalue weighted by molar-refractivity contribution is -0.0521. The Morgan fingerprint density at radius 3 is 2.71 bits per heavy atom. The highest BCUT2D eigenvalue weighted by atomic mass is 19.3. The van der Waals surface area contributed by atoms with E-state index in [0.717, 1.165) is 6.07 Å². The quantitative estimate of drug-likeness (QED) is 0.828. The van der Waals surface area contributed by atoms with Gasteiger partial charge in [-0.3, -0.25) is 0 Å². The lowest BCUT2D eigenvalue weighted by Crippen LogP contribution is -2.23. The maximum Gasteiger partial charge on any atom is 0.387 e. The number of nitrogen functional groups attached to an aromatic ring is 1. The average molecular weight is 300 g/mol. The molecule has 2 aromatic rings. The summed E-state index contributed by atoms with van der Waals surface area (Å²) in [6.07, 6.45) is 1.53. The van der Waals surface area contributed by atoms with Crippen molar-refractivity contribution in [2.75, 3.05) is 17.2 Å². The highest BCUT2D eigenvalue weighted by Gasteiger charge is 2.17. The van der Waals surface area contributed by atoms with E-state index in [-0.39, 0.29) is 5.69 Å². The van der Waals surface area contributed by atoms with Crippen molar-refractivity contribution in [1.82, 2.24) is 0 Å². The Bertz CT molecular complexity index is 588. The fourth-order valence-corrected chi connectivity index (χ4v) is 1.98. The summed E-state index contributed by atoms with van der Waals surface area (Å²) >= 11 is 0. The molecule has 0 atom stereocenters. The largest absolute Gasteiger partial charge is 0.467 e. The lowest BCUT2D eigenvalue weighted by Gasteiger charge is -2.24. The monoisotopic (exact) mass is 300 g/mol. The van der Waals surface area contributed by atoms with Gasteiger partial charge in [0.1, 0.15) is 5.76 Å². The van der Waals surface area contributed by atoms with E-state index in [2.05, 4.69) is 4.74 Å². The smallest absolute Gasteiger partial charge is 0.387 e. The molecule has 0 saturated carbocycles. The Morgan fingerprint density at radius 2 is 2.14 bits per heavy atom. The molecule has 4 nitrogen and oxygen atoms in total. The zero-order valence-electron chi connectivity index (χ0n) is 11.4. The third-order valence-electron chi connectivity index (χ3n) is 2.95. The van der Waals surface area contributed by atoms with Gasteiger partial charge in [-0.1, -0.05) is 0 Å². The number of furan rings is 1. The van der Waals surface area contributed by atoms with E-state index in [4.69, 9.17) is 10.2 Å². The zero-order valence-corrected chi connectivity index (χ0v) is 11.4. The Kier molecular flexibility index (Phi) is 4.62. The van der Waals surface area contributed by atoms with Crippen LogP contribution in [0.5, 0.6) is 5.75 Å². The molecule has 114 valence electrons. The fourth-order valence-electron chi connectivity index (χ4n) is 1.98. The predicted molar refractivity (Wildman–Crippen MR) is 72.9 cm³/mol. The second kappa shape index (κ2) is 6.43. The number of ether oxygens (including phenoxy) is 1. The number of nitrogens with two attached hydrogens (primary N) is 1. The minimum Gasteiger partial charge on any atom is -0.467 e. The van der Waals surface area contributed by atoms with E-state index in [0.29, 0.717) is 24.5 Å². The standard InChI is InChI=1S/C14H15F3N2O2/c1-2-19(8-9-4-3-5-20-9)12-7-13(21-14(16)17)10(15)6-11(12)18/h3-7,14H,2,8,18H2,1H3. The van der Waals surface area contributed by atoms with Crippen molar-refractivity contribution in [1.29, 1.82) is 0 Å². The van der Waals surface area contributed by atoms with E-state index in [1.807, 2.05) is 6.92 Å². The lowest BCUT2D eigenvalue weighted by atomic mass is 10.2. The van der Waals surface area contributed by atoms with E-state index in [9.17, 15) is 13.2 Å². The van der Waals surface area contributed by atoms with Crippen molar-refractivity contribution in [3.63, 3.8) is 0 Å². The number of rotatable bonds is 6. The second-order valence-corrected chi connectivity index (χ2v) is 4.31. The van der Waals surface area contributed by atoms with Crippen LogP contribution in [-0.4, -0.2) is 13.2 Å². The Labute approximate surface area is 119 Å². The minimum absolute atomic E-state index is 0.141. The number of alkyl halides is 2. The van der Waals surface area contributed by atoms with Gasteiger partial charge < -0.3 is 19.8 Å². The van der Waals surface area contributed by atoms with Crippen LogP contribution in [0.25, 0.3) is 0 Å². The molecular formula is C14H15F3N2O2. The first kappa shape index (κ1) is 15.1. The molecule has 0 fully saturated rings. The summed E-state index contributed by atoms with van der Waals surface area (Å²) in [5.41, 5.74) is 6.32. The highest BCUT2D eigenvalue weighted by Crippen LogP contribution is 2.32. The normalized spacial score (nSPS) is 10.9. The molecule has 0 saturated heterocycles. The minimum atomic E-state index is -3.10. The predicted octanol–water partition coefficient (Wildman–Crippen LogP) is 3.63. The third kappa shape index (κ3) is 3.62. The van der Waals surface area contributed by atoms with Crippen LogP contribution in [0.1, 0.15) is 12.7 Å². The molecule has 0 bridgehead atoms. The topological polar surface area (TPSA) is 51.6 Å². The fraction of sp³-hybridized carbons (Fsp3) is 0.286. The van der Waals surface area contributed by atoms with Crippen molar-refractivity contribution in [2.45, 2.75) is 20.1 Å². The molecule has 2 rings (SSSR count). The maximum atomic E-state index is 13.6. The summed E-state index contributed by atoms with van der Waals surface area (Å²) in [4.78, 5) is 1.77. The van der Waals surface area contributed by atoms with E-state index in [1.165, 1.54) is 12.3 Å². The molecule has 0 spiro atoms. The van der Waals surface area contributed by atoms with Crippen LogP contribution in [0, 0.1) is 5.82 Å². The van der Waals surface area contributed by atoms with Crippen molar-refractivity contribution in [2.24, 2.45) is 0 Å². The molecular weight excluding hydrogens is 285 g/mol. The van der Waals surface area contributed by atoms with Gasteiger partial charge in [0.05, 0.1) is 24.2 Å². The number of nitrogens with zero attached hydrogens (tertiary/aromatic N) is 1. The van der Waals surface area contributed by atoms with Gasteiger partial charge in [0.25, 0.3) is 0 Å². The molecule has 0 aliphatic rings. The molecule has 0 radical (unpaired) electrons. The summed E-state index contributed by atoms with van der Waals surface area (Å²) in [5, 5.41) is 0. The van der Waals surface area contributed by atoms with Crippen LogP contribution in [0.4, 0.5) is 24.5 Å². The summed E-state index contributed by atoms with van der Waals surface area (Å²) in [7, 11) is 0. The van der Waals surface area contributed by atoms with Gasteiger partial charge in [-0.15, -0.1) is 0 Å². The van der Waals surface area contributed by atoms with Crippen molar-refractivity contribution < 1.29 is 22.3 Å². The van der Waals surface area contributed by atoms with Gasteiger partial charge in [0.2, 0.25) is 0 Å². The Hall–Kier alpha value is -2.31. The van der Waals surface area contributed by atoms with Crippen molar-refractivity contribution in [3.8, 4) is 5.75 Å².